The highest BCUT2D eigenvalue weighted by Crippen LogP contribution is 2.42. The third-order valence-corrected chi connectivity index (χ3v) is 4.65. The number of esters is 1. The van der Waals surface area contributed by atoms with Crippen LogP contribution in [0.2, 0.25) is 0 Å². The Bertz CT molecular complexity index is 592. The van der Waals surface area contributed by atoms with Gasteiger partial charge in [0.25, 0.3) is 0 Å². The summed E-state index contributed by atoms with van der Waals surface area (Å²) in [7, 11) is 0. The van der Waals surface area contributed by atoms with Crippen LogP contribution in [0.5, 0.6) is 0 Å². The molecule has 2 aromatic carbocycles. The van der Waals surface area contributed by atoms with Crippen molar-refractivity contribution < 1.29 is 9.53 Å². The molecule has 3 heteroatoms. The molecule has 0 aliphatic carbocycles. The maximum atomic E-state index is 12.5. The maximum Gasteiger partial charge on any atom is 0.326 e. The van der Waals surface area contributed by atoms with Gasteiger partial charge in [0.1, 0.15) is 4.75 Å². The van der Waals surface area contributed by atoms with Crippen molar-refractivity contribution in [1.82, 2.24) is 0 Å². The van der Waals surface area contributed by atoms with Crippen LogP contribution >= 0.6 is 11.8 Å². The molecule has 110 valence electrons. The van der Waals surface area contributed by atoms with Gasteiger partial charge in [-0.2, -0.15) is 0 Å². The van der Waals surface area contributed by atoms with Crippen LogP contribution < -0.4 is 0 Å². The van der Waals surface area contributed by atoms with Crippen molar-refractivity contribution in [3.8, 4) is 0 Å². The van der Waals surface area contributed by atoms with E-state index >= 15 is 0 Å². The van der Waals surface area contributed by atoms with E-state index in [9.17, 15) is 4.79 Å². The summed E-state index contributed by atoms with van der Waals surface area (Å²) in [5.74, 6) is -0.207. The second-order valence-corrected chi connectivity index (χ2v) is 6.53. The minimum atomic E-state index is -0.744. The lowest BCUT2D eigenvalue weighted by Gasteiger charge is -2.27. The number of carbonyl (C=O) groups is 1. The van der Waals surface area contributed by atoms with Gasteiger partial charge in [0.2, 0.25) is 0 Å². The van der Waals surface area contributed by atoms with Crippen molar-refractivity contribution in [2.24, 2.45) is 0 Å². The van der Waals surface area contributed by atoms with Gasteiger partial charge in [0, 0.05) is 4.90 Å². The molecular weight excluding hydrogens is 280 g/mol. The van der Waals surface area contributed by atoms with Gasteiger partial charge in [0.05, 0.1) is 6.61 Å². The fourth-order valence-electron chi connectivity index (χ4n) is 2.09. The van der Waals surface area contributed by atoms with Crippen molar-refractivity contribution in [3.05, 3.63) is 65.7 Å². The van der Waals surface area contributed by atoms with Crippen LogP contribution in [-0.2, 0) is 14.3 Å². The van der Waals surface area contributed by atoms with Crippen molar-refractivity contribution in [3.63, 3.8) is 0 Å². The van der Waals surface area contributed by atoms with Crippen molar-refractivity contribution in [2.45, 2.75) is 30.4 Å². The van der Waals surface area contributed by atoms with Gasteiger partial charge in [-0.3, -0.25) is 4.79 Å². The summed E-state index contributed by atoms with van der Waals surface area (Å²) in [5, 5.41) is 0. The van der Waals surface area contributed by atoms with Crippen molar-refractivity contribution >= 4 is 17.7 Å². The van der Waals surface area contributed by atoms with Gasteiger partial charge in [-0.25, -0.2) is 0 Å². The third kappa shape index (κ3) is 3.67. The average molecular weight is 300 g/mol. The number of aryl methyl sites for hydroxylation is 1. The number of ether oxygens (including phenoxy) is 1. The standard InChI is InChI=1S/C18H20O2S/c1-4-20-17(19)18(3,15-8-6-5-7-9-15)21-16-12-10-14(2)11-13-16/h5-13H,4H2,1-3H3/t18-/m0/s1. The summed E-state index contributed by atoms with van der Waals surface area (Å²) in [5.41, 5.74) is 2.16. The van der Waals surface area contributed by atoms with Crippen LogP contribution in [0.3, 0.4) is 0 Å². The SMILES string of the molecule is CCOC(=O)[C@@](C)(Sc1ccc(C)cc1)c1ccccc1. The van der Waals surface area contributed by atoms with Gasteiger partial charge in [-0.05, 0) is 38.5 Å². The van der Waals surface area contributed by atoms with E-state index in [2.05, 4.69) is 19.1 Å². The molecule has 0 aliphatic heterocycles. The molecule has 0 aromatic heterocycles. The fourth-order valence-corrected chi connectivity index (χ4v) is 3.23. The van der Waals surface area contributed by atoms with Gasteiger partial charge in [-0.15, -0.1) is 11.8 Å². The minimum absolute atomic E-state index is 0.207. The van der Waals surface area contributed by atoms with Crippen molar-refractivity contribution in [2.75, 3.05) is 6.61 Å². The van der Waals surface area contributed by atoms with Crippen LogP contribution in [0.1, 0.15) is 25.0 Å². The van der Waals surface area contributed by atoms with Crippen LogP contribution in [0, 0.1) is 6.92 Å². The topological polar surface area (TPSA) is 26.3 Å². The number of hydrogen-bond acceptors (Lipinski definition) is 3. The quantitative estimate of drug-likeness (QED) is 0.598. The zero-order valence-electron chi connectivity index (χ0n) is 12.6. The molecular formula is C18H20O2S. The summed E-state index contributed by atoms with van der Waals surface area (Å²) in [6, 6.07) is 18.0. The molecule has 0 amide bonds. The summed E-state index contributed by atoms with van der Waals surface area (Å²) >= 11 is 1.53. The summed E-state index contributed by atoms with van der Waals surface area (Å²) in [6.07, 6.45) is 0. The van der Waals surface area contributed by atoms with Gasteiger partial charge >= 0.3 is 5.97 Å². The van der Waals surface area contributed by atoms with Crippen molar-refractivity contribution in [1.29, 1.82) is 0 Å². The predicted molar refractivity (Wildman–Crippen MR) is 87.5 cm³/mol. The Morgan fingerprint density at radius 3 is 2.29 bits per heavy atom. The average Bonchev–Trinajstić information content (AvgIpc) is 2.50. The second kappa shape index (κ2) is 6.81. The summed E-state index contributed by atoms with van der Waals surface area (Å²) < 4.78 is 4.55. The minimum Gasteiger partial charge on any atom is -0.465 e. The van der Waals surface area contributed by atoms with E-state index in [1.807, 2.05) is 56.3 Å². The normalized spacial score (nSPS) is 13.5. The number of thioether (sulfide) groups is 1. The Labute approximate surface area is 130 Å². The molecule has 0 aliphatic rings. The summed E-state index contributed by atoms with van der Waals surface area (Å²) in [4.78, 5) is 13.5. The number of hydrogen-bond donors (Lipinski definition) is 0. The molecule has 0 bridgehead atoms. The zero-order chi connectivity index (χ0) is 15.3. The van der Waals surface area contributed by atoms with E-state index in [-0.39, 0.29) is 5.97 Å². The first-order valence-electron chi connectivity index (χ1n) is 7.04. The Morgan fingerprint density at radius 1 is 1.10 bits per heavy atom. The summed E-state index contributed by atoms with van der Waals surface area (Å²) in [6.45, 7) is 6.19. The fraction of sp³-hybridized carbons (Fsp3) is 0.278. The highest BCUT2D eigenvalue weighted by Gasteiger charge is 2.38. The maximum absolute atomic E-state index is 12.5. The first kappa shape index (κ1) is 15.6. The molecule has 21 heavy (non-hydrogen) atoms. The van der Waals surface area contributed by atoms with Gasteiger partial charge in [0.15, 0.2) is 0 Å². The van der Waals surface area contributed by atoms with E-state index < -0.39 is 4.75 Å². The van der Waals surface area contributed by atoms with E-state index in [4.69, 9.17) is 4.74 Å². The molecule has 0 fully saturated rings. The van der Waals surface area contributed by atoms with E-state index in [1.54, 1.807) is 0 Å². The number of benzene rings is 2. The first-order valence-corrected chi connectivity index (χ1v) is 7.86. The number of rotatable bonds is 5. The lowest BCUT2D eigenvalue weighted by molar-refractivity contribution is -0.145. The molecule has 0 saturated carbocycles. The van der Waals surface area contributed by atoms with Gasteiger partial charge < -0.3 is 4.74 Å². The molecule has 0 spiro atoms. The third-order valence-electron chi connectivity index (χ3n) is 3.33. The first-order chi connectivity index (χ1) is 10.1. The number of carbonyl (C=O) groups excluding carboxylic acids is 1. The molecule has 0 unspecified atom stereocenters. The Balaban J connectivity index is 2.36. The predicted octanol–water partition coefficient (Wildman–Crippen LogP) is 4.57. The molecule has 0 heterocycles. The highest BCUT2D eigenvalue weighted by molar-refractivity contribution is 8.01. The Hall–Kier alpha value is -1.74. The van der Waals surface area contributed by atoms with Gasteiger partial charge in [-0.1, -0.05) is 48.0 Å². The molecule has 2 nitrogen and oxygen atoms in total. The molecule has 0 saturated heterocycles. The van der Waals surface area contributed by atoms with Crippen LogP contribution in [0.15, 0.2) is 59.5 Å². The largest absolute Gasteiger partial charge is 0.465 e. The van der Waals surface area contributed by atoms with Crippen LogP contribution in [0.4, 0.5) is 0 Å². The van der Waals surface area contributed by atoms with E-state index in [0.717, 1.165) is 10.5 Å². The van der Waals surface area contributed by atoms with Crippen LogP contribution in [-0.4, -0.2) is 12.6 Å². The van der Waals surface area contributed by atoms with E-state index in [0.29, 0.717) is 6.61 Å². The smallest absolute Gasteiger partial charge is 0.326 e. The molecule has 2 aromatic rings. The van der Waals surface area contributed by atoms with Crippen LogP contribution in [0.25, 0.3) is 0 Å². The zero-order valence-corrected chi connectivity index (χ0v) is 13.4. The second-order valence-electron chi connectivity index (χ2n) is 5.03. The molecule has 0 N–H and O–H groups in total. The molecule has 0 radical (unpaired) electrons. The Kier molecular flexibility index (Phi) is 5.07. The lowest BCUT2D eigenvalue weighted by atomic mass is 10.0. The Morgan fingerprint density at radius 2 is 1.71 bits per heavy atom. The highest BCUT2D eigenvalue weighted by atomic mass is 32.2. The molecule has 2 rings (SSSR count). The molecule has 1 atom stereocenters. The van der Waals surface area contributed by atoms with E-state index in [1.165, 1.54) is 17.3 Å². The lowest BCUT2D eigenvalue weighted by Crippen LogP contribution is -2.31. The monoisotopic (exact) mass is 300 g/mol.